The van der Waals surface area contributed by atoms with Crippen LogP contribution >= 0.6 is 0 Å². The zero-order valence-corrected chi connectivity index (χ0v) is 11.8. The molecule has 0 aromatic carbocycles. The topological polar surface area (TPSA) is 31.6 Å². The van der Waals surface area contributed by atoms with Crippen LogP contribution in [-0.4, -0.2) is 50.1 Å². The van der Waals surface area contributed by atoms with Crippen molar-refractivity contribution in [3.05, 3.63) is 23.2 Å². The summed E-state index contributed by atoms with van der Waals surface area (Å²) < 4.78 is 5.84. The Morgan fingerprint density at radius 2 is 2.11 bits per heavy atom. The van der Waals surface area contributed by atoms with Crippen LogP contribution in [0.2, 0.25) is 0 Å². The van der Waals surface area contributed by atoms with Crippen LogP contribution in [0.1, 0.15) is 23.5 Å². The van der Waals surface area contributed by atoms with Gasteiger partial charge in [0.15, 0.2) is 0 Å². The summed E-state index contributed by atoms with van der Waals surface area (Å²) >= 11 is 0. The summed E-state index contributed by atoms with van der Waals surface area (Å²) in [5.41, 5.74) is 1.28. The average Bonchev–Trinajstić information content (AvgIpc) is 2.54. The van der Waals surface area contributed by atoms with Gasteiger partial charge in [-0.25, -0.2) is 0 Å². The molecule has 1 N–H and O–H groups in total. The van der Waals surface area contributed by atoms with Gasteiger partial charge in [0.2, 0.25) is 0 Å². The van der Waals surface area contributed by atoms with Crippen molar-refractivity contribution >= 4 is 0 Å². The minimum Gasteiger partial charge on any atom is -0.465 e. The zero-order chi connectivity index (χ0) is 13.0. The van der Waals surface area contributed by atoms with Gasteiger partial charge in [-0.1, -0.05) is 0 Å². The molecule has 18 heavy (non-hydrogen) atoms. The van der Waals surface area contributed by atoms with Crippen molar-refractivity contribution in [3.63, 3.8) is 0 Å². The lowest BCUT2D eigenvalue weighted by molar-refractivity contribution is 0.247. The third kappa shape index (κ3) is 3.57. The third-order valence-corrected chi connectivity index (χ3v) is 3.63. The van der Waals surface area contributed by atoms with E-state index >= 15 is 0 Å². The van der Waals surface area contributed by atoms with Crippen LogP contribution in [0, 0.1) is 6.92 Å². The standard InChI is InChI=1S/C14H25N3O/c1-12-13(10-15-2)9-14(18-12)11-17-6-4-5-16(3)7-8-17/h9,15H,4-8,10-11H2,1-3H3. The quantitative estimate of drug-likeness (QED) is 0.877. The first-order valence-electron chi connectivity index (χ1n) is 6.82. The van der Waals surface area contributed by atoms with Gasteiger partial charge in [0.25, 0.3) is 0 Å². The summed E-state index contributed by atoms with van der Waals surface area (Å²) in [4.78, 5) is 4.89. The monoisotopic (exact) mass is 251 g/mol. The molecule has 4 heteroatoms. The molecule has 2 rings (SSSR count). The van der Waals surface area contributed by atoms with Crippen molar-refractivity contribution in [1.29, 1.82) is 0 Å². The molecular weight excluding hydrogens is 226 g/mol. The fraction of sp³-hybridized carbons (Fsp3) is 0.714. The molecule has 1 aromatic rings. The van der Waals surface area contributed by atoms with Crippen LogP contribution < -0.4 is 5.32 Å². The molecule has 0 radical (unpaired) electrons. The third-order valence-electron chi connectivity index (χ3n) is 3.63. The molecule has 0 aliphatic carbocycles. The summed E-state index contributed by atoms with van der Waals surface area (Å²) in [7, 11) is 4.17. The Morgan fingerprint density at radius 3 is 2.89 bits per heavy atom. The van der Waals surface area contributed by atoms with Crippen LogP contribution in [-0.2, 0) is 13.1 Å². The second kappa shape index (κ2) is 6.36. The molecule has 2 heterocycles. The van der Waals surface area contributed by atoms with Crippen LogP contribution in [0.15, 0.2) is 10.5 Å². The van der Waals surface area contributed by atoms with Gasteiger partial charge in [0.05, 0.1) is 6.54 Å². The van der Waals surface area contributed by atoms with Crippen molar-refractivity contribution in [2.75, 3.05) is 40.3 Å². The first-order chi connectivity index (χ1) is 8.69. The Hall–Kier alpha value is -0.840. The molecule has 4 nitrogen and oxygen atoms in total. The smallest absolute Gasteiger partial charge is 0.118 e. The molecular formula is C14H25N3O. The molecule has 0 bridgehead atoms. The minimum absolute atomic E-state index is 0.887. The second-order valence-corrected chi connectivity index (χ2v) is 5.26. The molecule has 0 unspecified atom stereocenters. The van der Waals surface area contributed by atoms with Gasteiger partial charge in [0.1, 0.15) is 11.5 Å². The number of hydrogen-bond donors (Lipinski definition) is 1. The van der Waals surface area contributed by atoms with E-state index in [1.807, 2.05) is 14.0 Å². The maximum Gasteiger partial charge on any atom is 0.118 e. The maximum absolute atomic E-state index is 5.84. The van der Waals surface area contributed by atoms with Crippen LogP contribution in [0.25, 0.3) is 0 Å². The van der Waals surface area contributed by atoms with E-state index < -0.39 is 0 Å². The average molecular weight is 251 g/mol. The first kappa shape index (κ1) is 13.6. The molecule has 1 aliphatic rings. The summed E-state index contributed by atoms with van der Waals surface area (Å²) in [6.45, 7) is 8.55. The van der Waals surface area contributed by atoms with Crippen LogP contribution in [0.4, 0.5) is 0 Å². The zero-order valence-electron chi connectivity index (χ0n) is 11.8. The Labute approximate surface area is 110 Å². The van der Waals surface area contributed by atoms with E-state index in [4.69, 9.17) is 4.42 Å². The van der Waals surface area contributed by atoms with Gasteiger partial charge in [-0.15, -0.1) is 0 Å². The van der Waals surface area contributed by atoms with Gasteiger partial charge in [-0.05, 0) is 46.6 Å². The van der Waals surface area contributed by atoms with Gasteiger partial charge < -0.3 is 14.6 Å². The van der Waals surface area contributed by atoms with E-state index in [1.165, 1.54) is 25.1 Å². The molecule has 0 atom stereocenters. The predicted molar refractivity (Wildman–Crippen MR) is 73.6 cm³/mol. The van der Waals surface area contributed by atoms with Gasteiger partial charge in [0, 0.05) is 25.2 Å². The highest BCUT2D eigenvalue weighted by Gasteiger charge is 2.15. The van der Waals surface area contributed by atoms with Crippen LogP contribution in [0.5, 0.6) is 0 Å². The number of nitrogens with zero attached hydrogens (tertiary/aromatic N) is 2. The number of likely N-dealkylation sites (N-methyl/N-ethyl adjacent to an activating group) is 1. The van der Waals surface area contributed by atoms with E-state index in [0.29, 0.717) is 0 Å². The van der Waals surface area contributed by atoms with E-state index in [1.54, 1.807) is 0 Å². The highest BCUT2D eigenvalue weighted by Crippen LogP contribution is 2.17. The Morgan fingerprint density at radius 1 is 1.28 bits per heavy atom. The number of furan rings is 1. The molecule has 1 saturated heterocycles. The summed E-state index contributed by atoms with van der Waals surface area (Å²) in [6.07, 6.45) is 1.25. The molecule has 0 saturated carbocycles. The van der Waals surface area contributed by atoms with E-state index in [-0.39, 0.29) is 0 Å². The summed E-state index contributed by atoms with van der Waals surface area (Å²) in [6, 6.07) is 2.19. The number of aryl methyl sites for hydroxylation is 1. The van der Waals surface area contributed by atoms with Crippen molar-refractivity contribution < 1.29 is 4.42 Å². The fourth-order valence-electron chi connectivity index (χ4n) is 2.51. The highest BCUT2D eigenvalue weighted by atomic mass is 16.3. The van der Waals surface area contributed by atoms with Gasteiger partial charge in [-0.2, -0.15) is 0 Å². The number of rotatable bonds is 4. The van der Waals surface area contributed by atoms with Crippen molar-refractivity contribution in [2.24, 2.45) is 0 Å². The van der Waals surface area contributed by atoms with E-state index in [2.05, 4.69) is 28.2 Å². The molecule has 1 aliphatic heterocycles. The normalized spacial score (nSPS) is 19.1. The highest BCUT2D eigenvalue weighted by molar-refractivity contribution is 5.20. The molecule has 1 aromatic heterocycles. The maximum atomic E-state index is 5.84. The lowest BCUT2D eigenvalue weighted by Crippen LogP contribution is -2.28. The first-order valence-corrected chi connectivity index (χ1v) is 6.82. The Bertz CT molecular complexity index is 375. The molecule has 0 spiro atoms. The summed E-state index contributed by atoms with van der Waals surface area (Å²) in [5, 5.41) is 3.18. The van der Waals surface area contributed by atoms with Gasteiger partial charge >= 0.3 is 0 Å². The second-order valence-electron chi connectivity index (χ2n) is 5.26. The lowest BCUT2D eigenvalue weighted by atomic mass is 10.2. The van der Waals surface area contributed by atoms with E-state index in [0.717, 1.165) is 37.7 Å². The minimum atomic E-state index is 0.887. The van der Waals surface area contributed by atoms with Gasteiger partial charge in [-0.3, -0.25) is 4.90 Å². The number of hydrogen-bond acceptors (Lipinski definition) is 4. The molecule has 1 fully saturated rings. The van der Waals surface area contributed by atoms with Crippen molar-refractivity contribution in [1.82, 2.24) is 15.1 Å². The Balaban J connectivity index is 1.94. The summed E-state index contributed by atoms with van der Waals surface area (Å²) in [5.74, 6) is 2.15. The predicted octanol–water partition coefficient (Wildman–Crippen LogP) is 1.44. The molecule has 102 valence electrons. The Kier molecular flexibility index (Phi) is 4.80. The van der Waals surface area contributed by atoms with E-state index in [9.17, 15) is 0 Å². The number of nitrogens with one attached hydrogen (secondary N) is 1. The fourth-order valence-corrected chi connectivity index (χ4v) is 2.51. The van der Waals surface area contributed by atoms with Crippen LogP contribution in [0.3, 0.4) is 0 Å². The van der Waals surface area contributed by atoms with Crippen molar-refractivity contribution in [2.45, 2.75) is 26.4 Å². The van der Waals surface area contributed by atoms with Crippen molar-refractivity contribution in [3.8, 4) is 0 Å². The largest absolute Gasteiger partial charge is 0.465 e. The molecule has 0 amide bonds. The lowest BCUT2D eigenvalue weighted by Gasteiger charge is -2.18. The SMILES string of the molecule is CNCc1cc(CN2CCCN(C)CC2)oc1C.